The SMILES string of the molecule is COCC(=O)Nc1ccccc1[N+](=O)[O-]. The monoisotopic (exact) mass is 210 g/mol. The van der Waals surface area contributed by atoms with Gasteiger partial charge < -0.3 is 10.1 Å². The highest BCUT2D eigenvalue weighted by Crippen LogP contribution is 2.22. The summed E-state index contributed by atoms with van der Waals surface area (Å²) in [6, 6.07) is 5.92. The van der Waals surface area contributed by atoms with E-state index in [-0.39, 0.29) is 18.0 Å². The molecule has 0 heterocycles. The second kappa shape index (κ2) is 5.06. The third-order valence-corrected chi connectivity index (χ3v) is 1.65. The molecule has 80 valence electrons. The molecule has 1 N–H and O–H groups in total. The number of carbonyl (C=O) groups excluding carboxylic acids is 1. The number of benzene rings is 1. The summed E-state index contributed by atoms with van der Waals surface area (Å²) in [7, 11) is 1.37. The Morgan fingerprint density at radius 2 is 2.20 bits per heavy atom. The zero-order valence-corrected chi connectivity index (χ0v) is 8.10. The first-order valence-corrected chi connectivity index (χ1v) is 4.17. The number of nitro benzene ring substituents is 1. The average Bonchev–Trinajstić information content (AvgIpc) is 2.18. The highest BCUT2D eigenvalue weighted by atomic mass is 16.6. The molecule has 1 amide bonds. The van der Waals surface area contributed by atoms with Gasteiger partial charge in [-0.25, -0.2) is 0 Å². The van der Waals surface area contributed by atoms with E-state index in [1.165, 1.54) is 25.3 Å². The number of hydrogen-bond acceptors (Lipinski definition) is 4. The fourth-order valence-corrected chi connectivity index (χ4v) is 1.06. The maximum Gasteiger partial charge on any atom is 0.292 e. The van der Waals surface area contributed by atoms with E-state index < -0.39 is 10.8 Å². The van der Waals surface area contributed by atoms with Crippen LogP contribution in [0.15, 0.2) is 24.3 Å². The Morgan fingerprint density at radius 3 is 2.80 bits per heavy atom. The second-order valence-corrected chi connectivity index (χ2v) is 2.76. The van der Waals surface area contributed by atoms with Crippen LogP contribution in [0.1, 0.15) is 0 Å². The molecular formula is C9H10N2O4. The highest BCUT2D eigenvalue weighted by molar-refractivity contribution is 5.93. The van der Waals surface area contributed by atoms with Gasteiger partial charge in [-0.1, -0.05) is 12.1 Å². The van der Waals surface area contributed by atoms with Crippen molar-refractivity contribution in [3.63, 3.8) is 0 Å². The molecule has 0 aliphatic rings. The van der Waals surface area contributed by atoms with Crippen molar-refractivity contribution >= 4 is 17.3 Å². The van der Waals surface area contributed by atoms with Crippen LogP contribution in [-0.4, -0.2) is 24.5 Å². The van der Waals surface area contributed by atoms with Crippen LogP contribution in [0.25, 0.3) is 0 Å². The molecule has 0 saturated heterocycles. The number of hydrogen-bond donors (Lipinski definition) is 1. The molecule has 0 fully saturated rings. The van der Waals surface area contributed by atoms with E-state index in [0.29, 0.717) is 0 Å². The Balaban J connectivity index is 2.84. The van der Waals surface area contributed by atoms with Gasteiger partial charge in [0, 0.05) is 13.2 Å². The van der Waals surface area contributed by atoms with Crippen molar-refractivity contribution < 1.29 is 14.5 Å². The number of carbonyl (C=O) groups is 1. The van der Waals surface area contributed by atoms with Gasteiger partial charge in [0.1, 0.15) is 12.3 Å². The van der Waals surface area contributed by atoms with Gasteiger partial charge in [0.2, 0.25) is 0 Å². The lowest BCUT2D eigenvalue weighted by Gasteiger charge is -2.04. The summed E-state index contributed by atoms with van der Waals surface area (Å²) in [5, 5.41) is 13.0. The van der Waals surface area contributed by atoms with Gasteiger partial charge in [-0.15, -0.1) is 0 Å². The summed E-state index contributed by atoms with van der Waals surface area (Å²) in [6.07, 6.45) is 0. The van der Waals surface area contributed by atoms with Crippen LogP contribution in [0, 0.1) is 10.1 Å². The molecule has 1 aromatic rings. The van der Waals surface area contributed by atoms with Crippen LogP contribution >= 0.6 is 0 Å². The van der Waals surface area contributed by atoms with Gasteiger partial charge in [0.25, 0.3) is 11.6 Å². The van der Waals surface area contributed by atoms with Crippen molar-refractivity contribution in [2.75, 3.05) is 19.0 Å². The number of anilines is 1. The van der Waals surface area contributed by atoms with Crippen LogP contribution in [0.4, 0.5) is 11.4 Å². The highest BCUT2D eigenvalue weighted by Gasteiger charge is 2.13. The van der Waals surface area contributed by atoms with Crippen LogP contribution in [0.2, 0.25) is 0 Å². The minimum atomic E-state index is -0.553. The molecule has 0 saturated carbocycles. The molecule has 0 aliphatic heterocycles. The molecule has 0 spiro atoms. The Hall–Kier alpha value is -1.95. The van der Waals surface area contributed by atoms with Crippen LogP contribution < -0.4 is 5.32 Å². The lowest BCUT2D eigenvalue weighted by Crippen LogP contribution is -2.17. The van der Waals surface area contributed by atoms with E-state index in [1.54, 1.807) is 6.07 Å². The number of amides is 1. The summed E-state index contributed by atoms with van der Waals surface area (Å²) < 4.78 is 4.59. The third kappa shape index (κ3) is 3.03. The van der Waals surface area contributed by atoms with Crippen molar-refractivity contribution in [3.05, 3.63) is 34.4 Å². The summed E-state index contributed by atoms with van der Waals surface area (Å²) >= 11 is 0. The summed E-state index contributed by atoms with van der Waals surface area (Å²) in [5.41, 5.74) is 0.0338. The smallest absolute Gasteiger partial charge is 0.292 e. The first-order valence-electron chi connectivity index (χ1n) is 4.17. The Labute approximate surface area is 86.0 Å². The van der Waals surface area contributed by atoms with Gasteiger partial charge in [-0.05, 0) is 6.07 Å². The number of ether oxygens (including phenoxy) is 1. The maximum absolute atomic E-state index is 11.1. The quantitative estimate of drug-likeness (QED) is 0.597. The van der Waals surface area contributed by atoms with Crippen molar-refractivity contribution in [1.82, 2.24) is 0 Å². The minimum Gasteiger partial charge on any atom is -0.375 e. The van der Waals surface area contributed by atoms with Crippen molar-refractivity contribution in [3.8, 4) is 0 Å². The zero-order valence-electron chi connectivity index (χ0n) is 8.10. The molecular weight excluding hydrogens is 200 g/mol. The van der Waals surface area contributed by atoms with Crippen molar-refractivity contribution in [2.45, 2.75) is 0 Å². The van der Waals surface area contributed by atoms with Gasteiger partial charge in [0.05, 0.1) is 4.92 Å². The maximum atomic E-state index is 11.1. The molecule has 15 heavy (non-hydrogen) atoms. The number of nitrogens with one attached hydrogen (secondary N) is 1. The molecule has 0 aliphatic carbocycles. The Morgan fingerprint density at radius 1 is 1.53 bits per heavy atom. The van der Waals surface area contributed by atoms with Gasteiger partial charge in [-0.3, -0.25) is 14.9 Å². The van der Waals surface area contributed by atoms with E-state index in [2.05, 4.69) is 10.1 Å². The number of methoxy groups -OCH3 is 1. The standard InChI is InChI=1S/C9H10N2O4/c1-15-6-9(12)10-7-4-2-3-5-8(7)11(13)14/h2-5H,6H2,1H3,(H,10,12). The largest absolute Gasteiger partial charge is 0.375 e. The predicted octanol–water partition coefficient (Wildman–Crippen LogP) is 1.18. The van der Waals surface area contributed by atoms with Gasteiger partial charge in [-0.2, -0.15) is 0 Å². The molecule has 0 radical (unpaired) electrons. The summed E-state index contributed by atoms with van der Waals surface area (Å²) in [4.78, 5) is 21.2. The van der Waals surface area contributed by atoms with E-state index in [1.807, 2.05) is 0 Å². The summed E-state index contributed by atoms with van der Waals surface area (Å²) in [5.74, 6) is -0.424. The molecule has 6 nitrogen and oxygen atoms in total. The predicted molar refractivity (Wildman–Crippen MR) is 53.6 cm³/mol. The molecule has 0 bridgehead atoms. The Kier molecular flexibility index (Phi) is 3.75. The van der Waals surface area contributed by atoms with Crippen LogP contribution in [-0.2, 0) is 9.53 Å². The van der Waals surface area contributed by atoms with E-state index in [4.69, 9.17) is 0 Å². The van der Waals surface area contributed by atoms with Crippen molar-refractivity contribution in [2.24, 2.45) is 0 Å². The molecule has 0 atom stereocenters. The van der Waals surface area contributed by atoms with E-state index >= 15 is 0 Å². The molecule has 1 rings (SSSR count). The lowest BCUT2D eigenvalue weighted by atomic mass is 10.2. The normalized spacial score (nSPS) is 9.67. The van der Waals surface area contributed by atoms with E-state index in [0.717, 1.165) is 0 Å². The first kappa shape index (κ1) is 11.1. The molecule has 6 heteroatoms. The van der Waals surface area contributed by atoms with Gasteiger partial charge >= 0.3 is 0 Å². The third-order valence-electron chi connectivity index (χ3n) is 1.65. The number of rotatable bonds is 4. The fourth-order valence-electron chi connectivity index (χ4n) is 1.06. The second-order valence-electron chi connectivity index (χ2n) is 2.76. The lowest BCUT2D eigenvalue weighted by molar-refractivity contribution is -0.383. The molecule has 0 aromatic heterocycles. The average molecular weight is 210 g/mol. The zero-order chi connectivity index (χ0) is 11.3. The first-order chi connectivity index (χ1) is 7.15. The topological polar surface area (TPSA) is 81.5 Å². The molecule has 0 unspecified atom stereocenters. The number of para-hydroxylation sites is 2. The van der Waals surface area contributed by atoms with Crippen LogP contribution in [0.5, 0.6) is 0 Å². The van der Waals surface area contributed by atoms with Crippen LogP contribution in [0.3, 0.4) is 0 Å². The Bertz CT molecular complexity index is 378. The summed E-state index contributed by atoms with van der Waals surface area (Å²) in [6.45, 7) is -0.133. The molecule has 1 aromatic carbocycles. The minimum absolute atomic E-state index is 0.133. The van der Waals surface area contributed by atoms with E-state index in [9.17, 15) is 14.9 Å². The van der Waals surface area contributed by atoms with Gasteiger partial charge in [0.15, 0.2) is 0 Å². The fraction of sp³-hybridized carbons (Fsp3) is 0.222. The number of nitro groups is 1. The number of nitrogens with zero attached hydrogens (tertiary/aromatic N) is 1. The van der Waals surface area contributed by atoms with Crippen molar-refractivity contribution in [1.29, 1.82) is 0 Å².